The van der Waals surface area contributed by atoms with Crippen LogP contribution in [0.2, 0.25) is 0 Å². The monoisotopic (exact) mass is 468 g/mol. The van der Waals surface area contributed by atoms with Crippen LogP contribution in [0.3, 0.4) is 0 Å². The molecule has 1 amide bonds. The number of aliphatic hydroxyl groups is 1. The lowest BCUT2D eigenvalue weighted by Gasteiger charge is -2.15. The zero-order chi connectivity index (χ0) is 21.1. The molecule has 0 spiro atoms. The summed E-state index contributed by atoms with van der Waals surface area (Å²) in [6.45, 7) is -0.632. The summed E-state index contributed by atoms with van der Waals surface area (Å²) in [5.41, 5.74) is 5.12. The van der Waals surface area contributed by atoms with Crippen molar-refractivity contribution in [2.24, 2.45) is 5.73 Å². The van der Waals surface area contributed by atoms with E-state index in [-0.39, 0.29) is 10.6 Å². The minimum atomic E-state index is -1.29. The Balaban J connectivity index is 1.94. The third kappa shape index (κ3) is 4.22. The molecule has 0 bridgehead atoms. The number of halogens is 3. The number of methoxy groups -OCH3 is 1. The molecule has 0 saturated heterocycles. The molecule has 7 nitrogen and oxygen atoms in total. The molecule has 29 heavy (non-hydrogen) atoms. The van der Waals surface area contributed by atoms with E-state index in [4.69, 9.17) is 19.6 Å². The van der Waals surface area contributed by atoms with E-state index in [1.54, 1.807) is 24.3 Å². The third-order valence-corrected chi connectivity index (χ3v) is 4.50. The molecule has 1 aromatic heterocycles. The number of benzene rings is 2. The van der Waals surface area contributed by atoms with Crippen molar-refractivity contribution < 1.29 is 32.6 Å². The van der Waals surface area contributed by atoms with E-state index in [0.29, 0.717) is 17.0 Å². The van der Waals surface area contributed by atoms with Gasteiger partial charge in [0.25, 0.3) is 5.91 Å². The van der Waals surface area contributed by atoms with E-state index in [0.717, 1.165) is 12.1 Å². The Hall–Kier alpha value is -2.98. The SMILES string of the molecule is COc1cccc(-c2nc(C(CO)Oc3ccc(F)c(C(N)=O)c3F)oc2Br)c1. The first kappa shape index (κ1) is 20.7. The molecule has 1 unspecified atom stereocenters. The predicted octanol–water partition coefficient (Wildman–Crippen LogP) is 3.60. The van der Waals surface area contributed by atoms with Gasteiger partial charge in [0.2, 0.25) is 5.89 Å². The molecule has 0 aliphatic heterocycles. The van der Waals surface area contributed by atoms with Crippen molar-refractivity contribution in [1.29, 1.82) is 0 Å². The van der Waals surface area contributed by atoms with Crippen LogP contribution in [0.25, 0.3) is 11.3 Å². The molecule has 152 valence electrons. The van der Waals surface area contributed by atoms with Crippen molar-refractivity contribution in [3.05, 3.63) is 64.2 Å². The number of rotatable bonds is 7. The Labute approximate surface area is 172 Å². The molecule has 2 aromatic carbocycles. The summed E-state index contributed by atoms with van der Waals surface area (Å²) in [7, 11) is 1.52. The molecule has 0 aliphatic carbocycles. The molecule has 1 atom stereocenters. The lowest BCUT2D eigenvalue weighted by atomic mass is 10.1. The van der Waals surface area contributed by atoms with Crippen molar-refractivity contribution in [1.82, 2.24) is 4.98 Å². The first-order valence-electron chi connectivity index (χ1n) is 8.21. The number of hydrogen-bond acceptors (Lipinski definition) is 6. The summed E-state index contributed by atoms with van der Waals surface area (Å²) >= 11 is 3.25. The topological polar surface area (TPSA) is 108 Å². The Morgan fingerprint density at radius 1 is 1.34 bits per heavy atom. The van der Waals surface area contributed by atoms with Gasteiger partial charge in [-0.25, -0.2) is 13.8 Å². The molecule has 3 N–H and O–H groups in total. The standard InChI is InChI=1S/C19H15BrF2N2O5/c1-27-10-4-2-3-9(7-10)16-17(20)29-19(24-16)13(8-25)28-12-6-5-11(21)14(15(12)22)18(23)26/h2-7,13,25H,8H2,1H3,(H2,23,26). The van der Waals surface area contributed by atoms with Gasteiger partial charge >= 0.3 is 0 Å². The molecule has 10 heteroatoms. The van der Waals surface area contributed by atoms with Crippen molar-refractivity contribution >= 4 is 21.8 Å². The number of hydrogen-bond donors (Lipinski definition) is 2. The second-order valence-electron chi connectivity index (χ2n) is 5.79. The van der Waals surface area contributed by atoms with Gasteiger partial charge in [-0.3, -0.25) is 4.79 Å². The third-order valence-electron chi connectivity index (χ3n) is 3.96. The quantitative estimate of drug-likeness (QED) is 0.548. The van der Waals surface area contributed by atoms with Crippen LogP contribution in [0, 0.1) is 11.6 Å². The predicted molar refractivity (Wildman–Crippen MR) is 102 cm³/mol. The van der Waals surface area contributed by atoms with Crippen LogP contribution in [0.1, 0.15) is 22.4 Å². The summed E-state index contributed by atoms with van der Waals surface area (Å²) < 4.78 is 44.3. The molecule has 3 rings (SSSR count). The van der Waals surface area contributed by atoms with Crippen LogP contribution in [-0.4, -0.2) is 29.7 Å². The van der Waals surface area contributed by atoms with E-state index in [1.165, 1.54) is 7.11 Å². The highest BCUT2D eigenvalue weighted by molar-refractivity contribution is 9.10. The molecule has 0 radical (unpaired) electrons. The average Bonchev–Trinajstić information content (AvgIpc) is 3.08. The summed E-state index contributed by atoms with van der Waals surface area (Å²) in [6, 6.07) is 8.81. The zero-order valence-corrected chi connectivity index (χ0v) is 16.6. The largest absolute Gasteiger partial charge is 0.497 e. The van der Waals surface area contributed by atoms with Gasteiger partial charge in [0.05, 0.1) is 13.7 Å². The highest BCUT2D eigenvalue weighted by Crippen LogP contribution is 2.34. The number of primary amides is 1. The van der Waals surface area contributed by atoms with Crippen LogP contribution in [0.5, 0.6) is 11.5 Å². The smallest absolute Gasteiger partial charge is 0.254 e. The van der Waals surface area contributed by atoms with E-state index in [9.17, 15) is 18.7 Å². The number of aromatic nitrogens is 1. The fourth-order valence-electron chi connectivity index (χ4n) is 2.57. The van der Waals surface area contributed by atoms with Crippen molar-refractivity contribution in [2.45, 2.75) is 6.10 Å². The van der Waals surface area contributed by atoms with Crippen LogP contribution in [-0.2, 0) is 0 Å². The Morgan fingerprint density at radius 2 is 2.10 bits per heavy atom. The Bertz CT molecular complexity index is 1060. The first-order valence-corrected chi connectivity index (χ1v) is 9.01. The molecule has 1 heterocycles. The number of ether oxygens (including phenoxy) is 2. The van der Waals surface area contributed by atoms with Crippen molar-refractivity contribution in [3.63, 3.8) is 0 Å². The van der Waals surface area contributed by atoms with Gasteiger partial charge in [-0.1, -0.05) is 12.1 Å². The van der Waals surface area contributed by atoms with E-state index in [2.05, 4.69) is 20.9 Å². The Kier molecular flexibility index (Phi) is 6.14. The molecule has 0 saturated carbocycles. The van der Waals surface area contributed by atoms with Gasteiger partial charge < -0.3 is 24.7 Å². The van der Waals surface area contributed by atoms with E-state index < -0.39 is 41.6 Å². The molecular formula is C19H15BrF2N2O5. The fourth-order valence-corrected chi connectivity index (χ4v) is 3.06. The van der Waals surface area contributed by atoms with Crippen molar-refractivity contribution in [3.8, 4) is 22.8 Å². The second kappa shape index (κ2) is 8.58. The lowest BCUT2D eigenvalue weighted by molar-refractivity contribution is 0.0880. The first-order chi connectivity index (χ1) is 13.8. The van der Waals surface area contributed by atoms with E-state index in [1.807, 2.05) is 0 Å². The van der Waals surface area contributed by atoms with Gasteiger partial charge in [0, 0.05) is 5.56 Å². The van der Waals surface area contributed by atoms with Crippen LogP contribution >= 0.6 is 15.9 Å². The second-order valence-corrected chi connectivity index (χ2v) is 6.51. The maximum atomic E-state index is 14.4. The number of aliphatic hydroxyl groups excluding tert-OH is 1. The average molecular weight is 469 g/mol. The van der Waals surface area contributed by atoms with Gasteiger partial charge in [-0.2, -0.15) is 0 Å². The minimum Gasteiger partial charge on any atom is -0.497 e. The number of nitrogens with two attached hydrogens (primary N) is 1. The normalized spacial score (nSPS) is 11.9. The molecular weight excluding hydrogens is 454 g/mol. The van der Waals surface area contributed by atoms with Gasteiger partial charge in [0.1, 0.15) is 22.8 Å². The summed E-state index contributed by atoms with van der Waals surface area (Å²) in [5.74, 6) is -3.65. The van der Waals surface area contributed by atoms with Crippen molar-refractivity contribution in [2.75, 3.05) is 13.7 Å². The Morgan fingerprint density at radius 3 is 2.76 bits per heavy atom. The number of amides is 1. The summed E-state index contributed by atoms with van der Waals surface area (Å²) in [4.78, 5) is 15.6. The summed E-state index contributed by atoms with van der Waals surface area (Å²) in [5, 5.41) is 9.67. The van der Waals surface area contributed by atoms with Gasteiger partial charge in [-0.05, 0) is 40.2 Å². The fraction of sp³-hybridized carbons (Fsp3) is 0.158. The zero-order valence-electron chi connectivity index (χ0n) is 15.0. The number of oxazole rings is 1. The van der Waals surface area contributed by atoms with Gasteiger partial charge in [-0.15, -0.1) is 0 Å². The van der Waals surface area contributed by atoms with E-state index >= 15 is 0 Å². The maximum Gasteiger partial charge on any atom is 0.254 e. The molecule has 0 fully saturated rings. The molecule has 0 aliphatic rings. The number of nitrogens with zero attached hydrogens (tertiary/aromatic N) is 1. The lowest BCUT2D eigenvalue weighted by Crippen LogP contribution is -2.18. The van der Waals surface area contributed by atoms with Gasteiger partial charge in [0.15, 0.2) is 22.3 Å². The number of carbonyl (C=O) groups excluding carboxylic acids is 1. The number of carbonyl (C=O) groups is 1. The maximum absolute atomic E-state index is 14.4. The minimum absolute atomic E-state index is 0.0680. The van der Waals surface area contributed by atoms with Crippen LogP contribution in [0.4, 0.5) is 8.78 Å². The molecule has 3 aromatic rings. The highest BCUT2D eigenvalue weighted by atomic mass is 79.9. The highest BCUT2D eigenvalue weighted by Gasteiger charge is 2.26. The summed E-state index contributed by atoms with van der Waals surface area (Å²) in [6.07, 6.45) is -1.23. The van der Waals surface area contributed by atoms with Crippen LogP contribution in [0.15, 0.2) is 45.5 Å². The van der Waals surface area contributed by atoms with Crippen LogP contribution < -0.4 is 15.2 Å².